The van der Waals surface area contributed by atoms with Crippen LogP contribution < -0.4 is 5.32 Å². The van der Waals surface area contributed by atoms with E-state index in [4.69, 9.17) is 5.26 Å². The predicted octanol–water partition coefficient (Wildman–Crippen LogP) is 1.12. The lowest BCUT2D eigenvalue weighted by Gasteiger charge is -2.25. The zero-order chi connectivity index (χ0) is 11.5. The van der Waals surface area contributed by atoms with Gasteiger partial charge in [-0.1, -0.05) is 0 Å². The standard InChI is InChI=1S/C9H14F3N3/c1-14-7(4-13)5-15(8-2-3-8)6-9(10,11)12/h7-8,14H,2-3,5-6H2,1H3. The molecule has 1 N–H and O–H groups in total. The second kappa shape index (κ2) is 4.81. The molecular formula is C9H14F3N3. The van der Waals surface area contributed by atoms with Crippen LogP contribution in [0.3, 0.4) is 0 Å². The summed E-state index contributed by atoms with van der Waals surface area (Å²) in [6.07, 6.45) is -2.58. The topological polar surface area (TPSA) is 39.1 Å². The van der Waals surface area contributed by atoms with Gasteiger partial charge < -0.3 is 5.32 Å². The fourth-order valence-electron chi connectivity index (χ4n) is 1.44. The van der Waals surface area contributed by atoms with Gasteiger partial charge in [0.1, 0.15) is 6.04 Å². The van der Waals surface area contributed by atoms with Crippen molar-refractivity contribution in [2.24, 2.45) is 0 Å². The van der Waals surface area contributed by atoms with E-state index in [1.165, 1.54) is 4.90 Å². The molecule has 6 heteroatoms. The van der Waals surface area contributed by atoms with Crippen molar-refractivity contribution >= 4 is 0 Å². The Labute approximate surface area is 86.9 Å². The fraction of sp³-hybridized carbons (Fsp3) is 0.889. The van der Waals surface area contributed by atoms with Crippen molar-refractivity contribution in [3.8, 4) is 6.07 Å². The molecule has 0 aromatic carbocycles. The summed E-state index contributed by atoms with van der Waals surface area (Å²) in [5.41, 5.74) is 0. The molecule has 1 aliphatic carbocycles. The molecule has 15 heavy (non-hydrogen) atoms. The number of nitrogens with one attached hydrogen (secondary N) is 1. The fourth-order valence-corrected chi connectivity index (χ4v) is 1.44. The number of rotatable bonds is 5. The van der Waals surface area contributed by atoms with Gasteiger partial charge in [0.2, 0.25) is 0 Å². The second-order valence-corrected chi connectivity index (χ2v) is 3.75. The van der Waals surface area contributed by atoms with Gasteiger partial charge >= 0.3 is 6.18 Å². The Bertz CT molecular complexity index is 242. The summed E-state index contributed by atoms with van der Waals surface area (Å²) in [5, 5.41) is 11.3. The van der Waals surface area contributed by atoms with Crippen LogP contribution in [0.25, 0.3) is 0 Å². The number of halogens is 3. The molecule has 0 amide bonds. The maximum atomic E-state index is 12.2. The maximum absolute atomic E-state index is 12.2. The zero-order valence-corrected chi connectivity index (χ0v) is 8.51. The summed E-state index contributed by atoms with van der Waals surface area (Å²) in [6.45, 7) is -0.783. The Kier molecular flexibility index (Phi) is 3.94. The highest BCUT2D eigenvalue weighted by Crippen LogP contribution is 2.29. The molecule has 0 saturated heterocycles. The highest BCUT2D eigenvalue weighted by Gasteiger charge is 2.38. The summed E-state index contributed by atoms with van der Waals surface area (Å²) in [5.74, 6) is 0. The maximum Gasteiger partial charge on any atom is 0.401 e. The lowest BCUT2D eigenvalue weighted by atomic mass is 10.3. The van der Waals surface area contributed by atoms with Crippen molar-refractivity contribution in [3.63, 3.8) is 0 Å². The largest absolute Gasteiger partial charge is 0.401 e. The van der Waals surface area contributed by atoms with E-state index in [9.17, 15) is 13.2 Å². The molecule has 0 bridgehead atoms. The number of likely N-dealkylation sites (N-methyl/N-ethyl adjacent to an activating group) is 1. The quantitative estimate of drug-likeness (QED) is 0.756. The Balaban J connectivity index is 2.48. The highest BCUT2D eigenvalue weighted by molar-refractivity contribution is 4.95. The summed E-state index contributed by atoms with van der Waals surface area (Å²) < 4.78 is 36.6. The Morgan fingerprint density at radius 1 is 1.53 bits per heavy atom. The summed E-state index contributed by atoms with van der Waals surface area (Å²) >= 11 is 0. The van der Waals surface area contributed by atoms with E-state index in [2.05, 4.69) is 5.32 Å². The molecule has 0 aromatic heterocycles. The molecule has 1 rings (SSSR count). The van der Waals surface area contributed by atoms with Crippen molar-refractivity contribution in [1.82, 2.24) is 10.2 Å². The minimum Gasteiger partial charge on any atom is -0.304 e. The van der Waals surface area contributed by atoms with Crippen molar-refractivity contribution < 1.29 is 13.2 Å². The van der Waals surface area contributed by atoms with Crippen LogP contribution in [0.1, 0.15) is 12.8 Å². The van der Waals surface area contributed by atoms with E-state index in [1.54, 1.807) is 7.05 Å². The predicted molar refractivity (Wildman–Crippen MR) is 49.1 cm³/mol. The van der Waals surface area contributed by atoms with Crippen molar-refractivity contribution in [2.45, 2.75) is 31.1 Å². The van der Waals surface area contributed by atoms with Gasteiger partial charge in [0, 0.05) is 12.6 Å². The van der Waals surface area contributed by atoms with Gasteiger partial charge in [0.05, 0.1) is 12.6 Å². The highest BCUT2D eigenvalue weighted by atomic mass is 19.4. The molecule has 1 saturated carbocycles. The monoisotopic (exact) mass is 221 g/mol. The van der Waals surface area contributed by atoms with Crippen LogP contribution in [0.5, 0.6) is 0 Å². The van der Waals surface area contributed by atoms with Gasteiger partial charge in [0.25, 0.3) is 0 Å². The number of hydrogen-bond acceptors (Lipinski definition) is 3. The third-order valence-electron chi connectivity index (χ3n) is 2.37. The molecule has 3 nitrogen and oxygen atoms in total. The van der Waals surface area contributed by atoms with Gasteiger partial charge in [-0.3, -0.25) is 4.90 Å². The summed E-state index contributed by atoms with van der Waals surface area (Å²) in [6, 6.07) is 1.41. The summed E-state index contributed by atoms with van der Waals surface area (Å²) in [4.78, 5) is 1.34. The van der Waals surface area contributed by atoms with Crippen LogP contribution in [0.4, 0.5) is 13.2 Å². The Morgan fingerprint density at radius 3 is 2.47 bits per heavy atom. The average molecular weight is 221 g/mol. The third-order valence-corrected chi connectivity index (χ3v) is 2.37. The summed E-state index contributed by atoms with van der Waals surface area (Å²) in [7, 11) is 1.58. The molecule has 1 atom stereocenters. The van der Waals surface area contributed by atoms with Crippen LogP contribution in [0.2, 0.25) is 0 Å². The van der Waals surface area contributed by atoms with Crippen LogP contribution in [-0.2, 0) is 0 Å². The number of hydrogen-bond donors (Lipinski definition) is 1. The van der Waals surface area contributed by atoms with E-state index in [-0.39, 0.29) is 12.6 Å². The van der Waals surface area contributed by atoms with E-state index in [0.717, 1.165) is 12.8 Å². The first kappa shape index (κ1) is 12.3. The molecule has 0 heterocycles. The molecule has 1 fully saturated rings. The first-order valence-electron chi connectivity index (χ1n) is 4.84. The van der Waals surface area contributed by atoms with Crippen LogP contribution in [-0.4, -0.2) is 43.3 Å². The van der Waals surface area contributed by atoms with Crippen LogP contribution in [0, 0.1) is 11.3 Å². The van der Waals surface area contributed by atoms with Crippen molar-refractivity contribution in [1.29, 1.82) is 5.26 Å². The first-order chi connectivity index (χ1) is 6.96. The zero-order valence-electron chi connectivity index (χ0n) is 8.51. The van der Waals surface area contributed by atoms with Gasteiger partial charge in [-0.15, -0.1) is 0 Å². The van der Waals surface area contributed by atoms with Gasteiger partial charge in [-0.2, -0.15) is 18.4 Å². The molecule has 86 valence electrons. The van der Waals surface area contributed by atoms with E-state index >= 15 is 0 Å². The third kappa shape index (κ3) is 4.49. The smallest absolute Gasteiger partial charge is 0.304 e. The molecule has 0 radical (unpaired) electrons. The Morgan fingerprint density at radius 2 is 2.13 bits per heavy atom. The average Bonchev–Trinajstić information content (AvgIpc) is 2.93. The van der Waals surface area contributed by atoms with Gasteiger partial charge in [-0.05, 0) is 19.9 Å². The van der Waals surface area contributed by atoms with E-state index in [0.29, 0.717) is 0 Å². The number of alkyl halides is 3. The van der Waals surface area contributed by atoms with Crippen molar-refractivity contribution in [3.05, 3.63) is 0 Å². The van der Waals surface area contributed by atoms with E-state index in [1.807, 2.05) is 6.07 Å². The molecule has 0 aliphatic heterocycles. The minimum atomic E-state index is -4.18. The lowest BCUT2D eigenvalue weighted by molar-refractivity contribution is -0.147. The van der Waals surface area contributed by atoms with Gasteiger partial charge in [0.15, 0.2) is 0 Å². The van der Waals surface area contributed by atoms with Crippen LogP contribution in [0.15, 0.2) is 0 Å². The number of nitriles is 1. The number of nitrogens with zero attached hydrogens (tertiary/aromatic N) is 2. The molecule has 0 aromatic rings. The molecule has 1 aliphatic rings. The molecule has 1 unspecified atom stereocenters. The SMILES string of the molecule is CNC(C#N)CN(CC(F)(F)F)C1CC1. The lowest BCUT2D eigenvalue weighted by Crippen LogP contribution is -2.44. The minimum absolute atomic E-state index is 0.0100. The van der Waals surface area contributed by atoms with Gasteiger partial charge in [-0.25, -0.2) is 0 Å². The van der Waals surface area contributed by atoms with E-state index < -0.39 is 18.8 Å². The van der Waals surface area contributed by atoms with Crippen LogP contribution >= 0.6 is 0 Å². The Hall–Kier alpha value is -0.800. The molecular weight excluding hydrogens is 207 g/mol. The van der Waals surface area contributed by atoms with Crippen molar-refractivity contribution in [2.75, 3.05) is 20.1 Å². The molecule has 0 spiro atoms. The second-order valence-electron chi connectivity index (χ2n) is 3.75. The first-order valence-corrected chi connectivity index (χ1v) is 4.84. The normalized spacial score (nSPS) is 18.9.